The first-order valence-corrected chi connectivity index (χ1v) is 6.76. The summed E-state index contributed by atoms with van der Waals surface area (Å²) in [5.41, 5.74) is 0.619. The van der Waals surface area contributed by atoms with Crippen molar-refractivity contribution in [1.29, 1.82) is 0 Å². The van der Waals surface area contributed by atoms with Crippen molar-refractivity contribution in [3.63, 3.8) is 0 Å². The maximum absolute atomic E-state index is 3.84. The Hall–Kier alpha value is 0.820. The lowest BCUT2D eigenvalue weighted by atomic mass is 9.81. The van der Waals surface area contributed by atoms with Crippen LogP contribution in [0.25, 0.3) is 0 Å². The molecule has 0 amide bonds. The van der Waals surface area contributed by atoms with Crippen molar-refractivity contribution in [2.45, 2.75) is 19.3 Å². The van der Waals surface area contributed by atoms with Gasteiger partial charge in [0, 0.05) is 4.43 Å². The van der Waals surface area contributed by atoms with Crippen LogP contribution in [0.3, 0.4) is 0 Å². The van der Waals surface area contributed by atoms with Crippen molar-refractivity contribution in [3.8, 4) is 0 Å². The van der Waals surface area contributed by atoms with Gasteiger partial charge in [0.2, 0.25) is 0 Å². The molecule has 0 nitrogen and oxygen atoms in total. The highest BCUT2D eigenvalue weighted by Gasteiger charge is 2.29. The summed E-state index contributed by atoms with van der Waals surface area (Å²) in [5.74, 6) is 2.72. The van der Waals surface area contributed by atoms with E-state index in [1.54, 1.807) is 0 Å². The molecule has 0 N–H and O–H groups in total. The van der Waals surface area contributed by atoms with Gasteiger partial charge in [-0.2, -0.15) is 11.8 Å². The SMILES string of the molecule is C=CCC1(CI)CCSCC1. The Morgan fingerprint density at radius 3 is 2.55 bits per heavy atom. The van der Waals surface area contributed by atoms with Gasteiger partial charge >= 0.3 is 0 Å². The molecule has 1 heterocycles. The summed E-state index contributed by atoms with van der Waals surface area (Å²) in [7, 11) is 0. The van der Waals surface area contributed by atoms with Crippen LogP contribution < -0.4 is 0 Å². The van der Waals surface area contributed by atoms with Crippen molar-refractivity contribution in [2.24, 2.45) is 5.41 Å². The van der Waals surface area contributed by atoms with Gasteiger partial charge < -0.3 is 0 Å². The van der Waals surface area contributed by atoms with Gasteiger partial charge in [-0.3, -0.25) is 0 Å². The first-order valence-electron chi connectivity index (χ1n) is 4.08. The number of hydrogen-bond acceptors (Lipinski definition) is 1. The first kappa shape index (κ1) is 9.90. The summed E-state index contributed by atoms with van der Waals surface area (Å²) >= 11 is 4.63. The number of rotatable bonds is 3. The summed E-state index contributed by atoms with van der Waals surface area (Å²) in [6.45, 7) is 3.84. The van der Waals surface area contributed by atoms with Gasteiger partial charge in [-0.05, 0) is 36.2 Å². The summed E-state index contributed by atoms with van der Waals surface area (Å²) in [6.07, 6.45) is 6.10. The molecule has 0 aromatic rings. The maximum atomic E-state index is 3.84. The molecule has 1 aliphatic rings. The molecule has 1 rings (SSSR count). The van der Waals surface area contributed by atoms with Crippen molar-refractivity contribution < 1.29 is 0 Å². The van der Waals surface area contributed by atoms with Gasteiger partial charge in [0.25, 0.3) is 0 Å². The van der Waals surface area contributed by atoms with Gasteiger partial charge in [-0.1, -0.05) is 28.7 Å². The van der Waals surface area contributed by atoms with E-state index in [-0.39, 0.29) is 0 Å². The number of alkyl halides is 1. The fraction of sp³-hybridized carbons (Fsp3) is 0.778. The molecule has 0 atom stereocenters. The highest BCUT2D eigenvalue weighted by molar-refractivity contribution is 14.1. The van der Waals surface area contributed by atoms with Crippen LogP contribution in [0.4, 0.5) is 0 Å². The lowest BCUT2D eigenvalue weighted by Crippen LogP contribution is -2.27. The first-order chi connectivity index (χ1) is 5.33. The molecule has 0 aliphatic carbocycles. The molecule has 64 valence electrons. The average molecular weight is 282 g/mol. The smallest absolute Gasteiger partial charge is 0.00555 e. The lowest BCUT2D eigenvalue weighted by Gasteiger charge is -2.34. The molecule has 1 fully saturated rings. The summed E-state index contributed by atoms with van der Waals surface area (Å²) in [4.78, 5) is 0. The molecule has 1 saturated heterocycles. The maximum Gasteiger partial charge on any atom is 0.00555 e. The van der Waals surface area contributed by atoms with Crippen molar-refractivity contribution in [3.05, 3.63) is 12.7 Å². The van der Waals surface area contributed by atoms with Crippen LogP contribution in [-0.2, 0) is 0 Å². The second kappa shape index (κ2) is 4.75. The predicted molar refractivity (Wildman–Crippen MR) is 62.7 cm³/mol. The molecule has 0 saturated carbocycles. The minimum atomic E-state index is 0.619. The predicted octanol–water partition coefficient (Wildman–Crippen LogP) is 3.51. The summed E-state index contributed by atoms with van der Waals surface area (Å²) < 4.78 is 1.30. The molecule has 1 aliphatic heterocycles. The van der Waals surface area contributed by atoms with E-state index in [9.17, 15) is 0 Å². The van der Waals surface area contributed by atoms with E-state index in [2.05, 4.69) is 47.0 Å². The largest absolute Gasteiger partial charge is 0.162 e. The number of allylic oxidation sites excluding steroid dienone is 1. The molecule has 0 spiro atoms. The van der Waals surface area contributed by atoms with Gasteiger partial charge in [-0.25, -0.2) is 0 Å². The second-order valence-corrected chi connectivity index (χ2v) is 5.23. The molecular formula is C9H15IS. The van der Waals surface area contributed by atoms with Crippen LogP contribution in [0.1, 0.15) is 19.3 Å². The summed E-state index contributed by atoms with van der Waals surface area (Å²) in [5, 5.41) is 0. The molecule has 0 bridgehead atoms. The van der Waals surface area contributed by atoms with E-state index in [4.69, 9.17) is 0 Å². The van der Waals surface area contributed by atoms with E-state index >= 15 is 0 Å². The van der Waals surface area contributed by atoms with Gasteiger partial charge in [0.15, 0.2) is 0 Å². The molecular weight excluding hydrogens is 267 g/mol. The van der Waals surface area contributed by atoms with Gasteiger partial charge in [-0.15, -0.1) is 6.58 Å². The Balaban J connectivity index is 2.49. The van der Waals surface area contributed by atoms with E-state index in [0.717, 1.165) is 0 Å². The molecule has 0 aromatic heterocycles. The minimum absolute atomic E-state index is 0.619. The fourth-order valence-electron chi connectivity index (χ4n) is 1.50. The van der Waals surface area contributed by atoms with E-state index in [0.29, 0.717) is 5.41 Å². The number of hydrogen-bond donors (Lipinski definition) is 0. The van der Waals surface area contributed by atoms with E-state index in [1.807, 2.05) is 0 Å². The topological polar surface area (TPSA) is 0 Å². The monoisotopic (exact) mass is 282 g/mol. The highest BCUT2D eigenvalue weighted by atomic mass is 127. The Bertz CT molecular complexity index is 128. The Kier molecular flexibility index (Phi) is 4.28. The van der Waals surface area contributed by atoms with Crippen LogP contribution in [-0.4, -0.2) is 15.9 Å². The van der Waals surface area contributed by atoms with Crippen LogP contribution in [0.15, 0.2) is 12.7 Å². The van der Waals surface area contributed by atoms with E-state index < -0.39 is 0 Å². The van der Waals surface area contributed by atoms with Gasteiger partial charge in [0.1, 0.15) is 0 Å². The van der Waals surface area contributed by atoms with Crippen LogP contribution in [0, 0.1) is 5.41 Å². The number of halogens is 1. The molecule has 11 heavy (non-hydrogen) atoms. The van der Waals surface area contributed by atoms with Crippen LogP contribution >= 0.6 is 34.4 Å². The zero-order chi connectivity index (χ0) is 8.16. The molecule has 0 radical (unpaired) electrons. The van der Waals surface area contributed by atoms with Crippen molar-refractivity contribution in [1.82, 2.24) is 0 Å². The van der Waals surface area contributed by atoms with Crippen LogP contribution in [0.5, 0.6) is 0 Å². The fourth-order valence-corrected chi connectivity index (χ4v) is 3.94. The minimum Gasteiger partial charge on any atom is -0.162 e. The third kappa shape index (κ3) is 2.65. The normalized spacial score (nSPS) is 23.0. The standard InChI is InChI=1S/C9H15IS/c1-2-3-9(8-10)4-6-11-7-5-9/h2H,1,3-8H2. The quantitative estimate of drug-likeness (QED) is 0.433. The second-order valence-electron chi connectivity index (χ2n) is 3.24. The Morgan fingerprint density at radius 2 is 2.09 bits per heavy atom. The van der Waals surface area contributed by atoms with Crippen LogP contribution in [0.2, 0.25) is 0 Å². The zero-order valence-corrected chi connectivity index (χ0v) is 9.79. The Labute approximate surface area is 87.3 Å². The number of thioether (sulfide) groups is 1. The third-order valence-corrected chi connectivity index (χ3v) is 5.02. The lowest BCUT2D eigenvalue weighted by molar-refractivity contribution is 0.316. The zero-order valence-electron chi connectivity index (χ0n) is 6.81. The van der Waals surface area contributed by atoms with Crippen molar-refractivity contribution >= 4 is 34.4 Å². The average Bonchev–Trinajstić information content (AvgIpc) is 2.07. The van der Waals surface area contributed by atoms with E-state index in [1.165, 1.54) is 35.2 Å². The molecule has 2 heteroatoms. The Morgan fingerprint density at radius 1 is 1.45 bits per heavy atom. The van der Waals surface area contributed by atoms with Crippen molar-refractivity contribution in [2.75, 3.05) is 15.9 Å². The summed E-state index contributed by atoms with van der Waals surface area (Å²) in [6, 6.07) is 0. The molecule has 0 unspecified atom stereocenters. The highest BCUT2D eigenvalue weighted by Crippen LogP contribution is 2.39. The van der Waals surface area contributed by atoms with Gasteiger partial charge in [0.05, 0.1) is 0 Å². The molecule has 0 aromatic carbocycles. The third-order valence-electron chi connectivity index (χ3n) is 2.41.